The molecule has 0 aliphatic heterocycles. The van der Waals surface area contributed by atoms with Crippen molar-refractivity contribution in [2.45, 2.75) is 13.3 Å². The van der Waals surface area contributed by atoms with E-state index in [9.17, 15) is 18.0 Å². The molecule has 0 saturated heterocycles. The Morgan fingerprint density at radius 3 is 2.58 bits per heavy atom. The number of carbonyl (C=O) groups is 1. The van der Waals surface area contributed by atoms with Gasteiger partial charge in [0, 0.05) is 4.47 Å². The summed E-state index contributed by atoms with van der Waals surface area (Å²) in [6.45, 7) is 1.63. The number of alkyl halides is 3. The van der Waals surface area contributed by atoms with Gasteiger partial charge in [0.2, 0.25) is 0 Å². The molecule has 0 amide bonds. The lowest BCUT2D eigenvalue weighted by atomic mass is 10.1. The summed E-state index contributed by atoms with van der Waals surface area (Å²) >= 11 is 2.91. The number of nitrogens with zero attached hydrogens (tertiary/aromatic N) is 1. The highest BCUT2D eigenvalue weighted by Gasteiger charge is 2.33. The summed E-state index contributed by atoms with van der Waals surface area (Å²) in [6, 6.07) is 3.57. The molecule has 1 aromatic carbocycles. The van der Waals surface area contributed by atoms with Crippen molar-refractivity contribution in [2.75, 3.05) is 6.61 Å². The molecular weight excluding hydrogens is 331 g/mol. The van der Waals surface area contributed by atoms with Crippen LogP contribution in [0.4, 0.5) is 13.2 Å². The molecule has 0 aromatic heterocycles. The van der Waals surface area contributed by atoms with Crippen LogP contribution in [0.2, 0.25) is 0 Å². The Bertz CT molecular complexity index is 537. The molecule has 0 bridgehead atoms. The number of hydrogen-bond acceptors (Lipinski definition) is 4. The number of ether oxygens (including phenoxy) is 2. The van der Waals surface area contributed by atoms with Gasteiger partial charge in [-0.2, -0.15) is 5.26 Å². The summed E-state index contributed by atoms with van der Waals surface area (Å²) in [5.41, 5.74) is -0.502. The largest absolute Gasteiger partial charge is 0.573 e. The fraction of sp³-hybridized carbons (Fsp3) is 0.273. The lowest BCUT2D eigenvalue weighted by molar-refractivity contribution is -0.274. The van der Waals surface area contributed by atoms with Crippen LogP contribution in [0.15, 0.2) is 16.6 Å². The number of esters is 1. The first-order valence-corrected chi connectivity index (χ1v) is 5.74. The standard InChI is InChI=1S/C11H7BrF3NO3/c1-2-18-10(17)6-3-8(12)7(5-16)9(4-6)19-11(13,14)15/h3-4H,2H2,1H3. The lowest BCUT2D eigenvalue weighted by Gasteiger charge is -2.12. The zero-order valence-corrected chi connectivity index (χ0v) is 11.1. The highest BCUT2D eigenvalue weighted by Crippen LogP contribution is 2.32. The summed E-state index contributed by atoms with van der Waals surface area (Å²) in [5, 5.41) is 8.79. The molecule has 8 heteroatoms. The molecule has 102 valence electrons. The van der Waals surface area contributed by atoms with Crippen molar-refractivity contribution >= 4 is 21.9 Å². The second-order valence-electron chi connectivity index (χ2n) is 3.21. The third-order valence-electron chi connectivity index (χ3n) is 1.90. The van der Waals surface area contributed by atoms with Gasteiger partial charge < -0.3 is 9.47 Å². The van der Waals surface area contributed by atoms with Crippen molar-refractivity contribution in [3.63, 3.8) is 0 Å². The predicted molar refractivity (Wildman–Crippen MR) is 61.5 cm³/mol. The normalized spacial score (nSPS) is 10.7. The minimum absolute atomic E-state index is 0.0137. The third kappa shape index (κ3) is 4.13. The second-order valence-corrected chi connectivity index (χ2v) is 4.07. The molecule has 0 fully saturated rings. The van der Waals surface area contributed by atoms with E-state index in [1.165, 1.54) is 6.07 Å². The summed E-state index contributed by atoms with van der Waals surface area (Å²) in [5.74, 6) is -1.56. The monoisotopic (exact) mass is 337 g/mol. The summed E-state index contributed by atoms with van der Waals surface area (Å²) in [6.07, 6.45) is -4.96. The first kappa shape index (κ1) is 15.3. The van der Waals surface area contributed by atoms with Gasteiger partial charge in [0.1, 0.15) is 17.4 Å². The van der Waals surface area contributed by atoms with Crippen molar-refractivity contribution in [3.8, 4) is 11.8 Å². The van der Waals surface area contributed by atoms with Gasteiger partial charge in [-0.1, -0.05) is 0 Å². The van der Waals surface area contributed by atoms with Gasteiger partial charge in [-0.25, -0.2) is 4.79 Å². The van der Waals surface area contributed by atoms with Crippen LogP contribution in [-0.4, -0.2) is 18.9 Å². The quantitative estimate of drug-likeness (QED) is 0.793. The molecule has 0 atom stereocenters. The van der Waals surface area contributed by atoms with Crippen LogP contribution in [0, 0.1) is 11.3 Å². The van der Waals surface area contributed by atoms with Crippen molar-refractivity contribution in [3.05, 3.63) is 27.7 Å². The number of nitriles is 1. The Hall–Kier alpha value is -1.75. The maximum Gasteiger partial charge on any atom is 0.573 e. The number of halogens is 4. The second kappa shape index (κ2) is 5.93. The SMILES string of the molecule is CCOC(=O)c1cc(Br)c(C#N)c(OC(F)(F)F)c1. The summed E-state index contributed by atoms with van der Waals surface area (Å²) in [4.78, 5) is 11.5. The zero-order valence-electron chi connectivity index (χ0n) is 9.55. The van der Waals surface area contributed by atoms with Crippen LogP contribution < -0.4 is 4.74 Å². The number of carbonyl (C=O) groups excluding carboxylic acids is 1. The van der Waals surface area contributed by atoms with Gasteiger partial charge in [0.15, 0.2) is 0 Å². The average molecular weight is 338 g/mol. The molecule has 0 unspecified atom stereocenters. The number of rotatable bonds is 3. The smallest absolute Gasteiger partial charge is 0.462 e. The Morgan fingerprint density at radius 1 is 1.47 bits per heavy atom. The summed E-state index contributed by atoms with van der Waals surface area (Å²) < 4.78 is 45.0. The third-order valence-corrected chi connectivity index (χ3v) is 2.53. The molecule has 1 aromatic rings. The van der Waals surface area contributed by atoms with Gasteiger partial charge in [-0.05, 0) is 35.0 Å². The number of hydrogen-bond donors (Lipinski definition) is 0. The molecule has 0 radical (unpaired) electrons. The Morgan fingerprint density at radius 2 is 2.11 bits per heavy atom. The molecular formula is C11H7BrF3NO3. The molecule has 19 heavy (non-hydrogen) atoms. The predicted octanol–water partition coefficient (Wildman–Crippen LogP) is 3.40. The van der Waals surface area contributed by atoms with Crippen molar-refractivity contribution in [1.82, 2.24) is 0 Å². The van der Waals surface area contributed by atoms with E-state index >= 15 is 0 Å². The zero-order chi connectivity index (χ0) is 14.6. The first-order valence-electron chi connectivity index (χ1n) is 4.95. The van der Waals surface area contributed by atoms with Crippen LogP contribution in [0.5, 0.6) is 5.75 Å². The van der Waals surface area contributed by atoms with Crippen molar-refractivity contribution in [2.24, 2.45) is 0 Å². The van der Waals surface area contributed by atoms with Crippen LogP contribution in [0.1, 0.15) is 22.8 Å². The van der Waals surface area contributed by atoms with E-state index in [4.69, 9.17) is 5.26 Å². The Labute approximate surface area is 114 Å². The van der Waals surface area contributed by atoms with E-state index in [-0.39, 0.29) is 22.2 Å². The fourth-order valence-corrected chi connectivity index (χ4v) is 1.76. The number of benzene rings is 1. The van der Waals surface area contributed by atoms with Gasteiger partial charge >= 0.3 is 12.3 Å². The van der Waals surface area contributed by atoms with Crippen LogP contribution in [0.25, 0.3) is 0 Å². The van der Waals surface area contributed by atoms with E-state index in [0.717, 1.165) is 6.07 Å². The molecule has 0 spiro atoms. The maximum absolute atomic E-state index is 12.2. The molecule has 4 nitrogen and oxygen atoms in total. The molecule has 0 aliphatic carbocycles. The van der Waals surface area contributed by atoms with E-state index in [1.807, 2.05) is 0 Å². The average Bonchev–Trinajstić information content (AvgIpc) is 2.26. The van der Waals surface area contributed by atoms with Crippen LogP contribution in [0.3, 0.4) is 0 Å². The topological polar surface area (TPSA) is 59.3 Å². The molecule has 0 aliphatic rings. The molecule has 0 N–H and O–H groups in total. The Balaban J connectivity index is 3.27. The van der Waals surface area contributed by atoms with Gasteiger partial charge in [-0.15, -0.1) is 13.2 Å². The van der Waals surface area contributed by atoms with E-state index < -0.39 is 18.1 Å². The van der Waals surface area contributed by atoms with E-state index in [2.05, 4.69) is 25.4 Å². The minimum atomic E-state index is -4.96. The minimum Gasteiger partial charge on any atom is -0.462 e. The van der Waals surface area contributed by atoms with Crippen molar-refractivity contribution < 1.29 is 27.4 Å². The first-order chi connectivity index (χ1) is 8.78. The fourth-order valence-electron chi connectivity index (χ4n) is 1.23. The van der Waals surface area contributed by atoms with Gasteiger partial charge in [0.25, 0.3) is 0 Å². The van der Waals surface area contributed by atoms with Crippen LogP contribution >= 0.6 is 15.9 Å². The van der Waals surface area contributed by atoms with Gasteiger partial charge in [-0.3, -0.25) is 0 Å². The maximum atomic E-state index is 12.2. The molecule has 1 rings (SSSR count). The Kier molecular flexibility index (Phi) is 4.78. The van der Waals surface area contributed by atoms with Gasteiger partial charge in [0.05, 0.1) is 12.2 Å². The van der Waals surface area contributed by atoms with Crippen LogP contribution in [-0.2, 0) is 4.74 Å². The molecule has 0 saturated carbocycles. The highest BCUT2D eigenvalue weighted by atomic mass is 79.9. The van der Waals surface area contributed by atoms with E-state index in [1.54, 1.807) is 13.0 Å². The lowest BCUT2D eigenvalue weighted by Crippen LogP contribution is -2.18. The highest BCUT2D eigenvalue weighted by molar-refractivity contribution is 9.10. The van der Waals surface area contributed by atoms with E-state index in [0.29, 0.717) is 0 Å². The molecule has 0 heterocycles. The van der Waals surface area contributed by atoms with Crippen molar-refractivity contribution in [1.29, 1.82) is 5.26 Å². The summed E-state index contributed by atoms with van der Waals surface area (Å²) in [7, 11) is 0.